The SMILES string of the molecule is BB(B)c1c(NC(=O)c2ccc(O)c(O)c2)ccc(O)c1C. The van der Waals surface area contributed by atoms with E-state index in [0.717, 1.165) is 11.0 Å². The summed E-state index contributed by atoms with van der Waals surface area (Å²) in [6, 6.07) is 7.07. The molecule has 110 valence electrons. The van der Waals surface area contributed by atoms with Crippen LogP contribution in [0.25, 0.3) is 0 Å². The number of aromatic hydroxyl groups is 3. The molecular weight excluding hydrogens is 279 g/mol. The fourth-order valence-corrected chi connectivity index (χ4v) is 2.43. The Hall–Kier alpha value is -2.50. The Kier molecular flexibility index (Phi) is 4.40. The molecule has 0 aliphatic carbocycles. The molecule has 0 aliphatic rings. The van der Waals surface area contributed by atoms with Crippen LogP contribution >= 0.6 is 0 Å². The largest absolute Gasteiger partial charge is 0.508 e. The van der Waals surface area contributed by atoms with Gasteiger partial charge in [-0.1, -0.05) is 5.46 Å². The van der Waals surface area contributed by atoms with Crippen molar-refractivity contribution in [2.75, 3.05) is 5.32 Å². The smallest absolute Gasteiger partial charge is 0.255 e. The third-order valence-electron chi connectivity index (χ3n) is 3.55. The van der Waals surface area contributed by atoms with Crippen molar-refractivity contribution in [3.8, 4) is 17.2 Å². The van der Waals surface area contributed by atoms with Crippen molar-refractivity contribution in [3.63, 3.8) is 0 Å². The average molecular weight is 295 g/mol. The predicted octanol–water partition coefficient (Wildman–Crippen LogP) is -0.674. The first-order chi connectivity index (χ1) is 10.3. The Labute approximate surface area is 130 Å². The molecular formula is C14H16B3NO4. The second-order valence-corrected chi connectivity index (χ2v) is 5.48. The topological polar surface area (TPSA) is 89.8 Å². The molecule has 0 spiro atoms. The van der Waals surface area contributed by atoms with Gasteiger partial charge in [-0.2, -0.15) is 0 Å². The fraction of sp³-hybridized carbons (Fsp3) is 0.0714. The van der Waals surface area contributed by atoms with Gasteiger partial charge in [-0.15, -0.1) is 0 Å². The van der Waals surface area contributed by atoms with E-state index >= 15 is 0 Å². The zero-order chi connectivity index (χ0) is 16.4. The number of carbonyl (C=O) groups is 1. The van der Waals surface area contributed by atoms with Gasteiger partial charge in [0.1, 0.15) is 12.2 Å². The summed E-state index contributed by atoms with van der Waals surface area (Å²) in [4.78, 5) is 12.3. The molecule has 0 radical (unpaired) electrons. The van der Waals surface area contributed by atoms with Gasteiger partial charge in [0.25, 0.3) is 5.91 Å². The van der Waals surface area contributed by atoms with E-state index in [9.17, 15) is 20.1 Å². The van der Waals surface area contributed by atoms with E-state index in [2.05, 4.69) is 5.32 Å². The van der Waals surface area contributed by atoms with E-state index in [1.807, 2.05) is 15.5 Å². The highest BCUT2D eigenvalue weighted by Crippen LogP contribution is 2.25. The van der Waals surface area contributed by atoms with Crippen LogP contribution in [0.3, 0.4) is 0 Å². The molecule has 0 aliphatic heterocycles. The number of amides is 1. The molecule has 2 rings (SSSR count). The maximum Gasteiger partial charge on any atom is 0.255 e. The molecule has 0 bridgehead atoms. The van der Waals surface area contributed by atoms with Gasteiger partial charge in [0, 0.05) is 11.3 Å². The minimum absolute atomic E-state index is 0.121. The molecule has 0 fully saturated rings. The minimum Gasteiger partial charge on any atom is -0.508 e. The van der Waals surface area contributed by atoms with Crippen LogP contribution in [0.4, 0.5) is 5.69 Å². The summed E-state index contributed by atoms with van der Waals surface area (Å²) in [7, 11) is 3.95. The van der Waals surface area contributed by atoms with Gasteiger partial charge in [0.2, 0.25) is 0 Å². The van der Waals surface area contributed by atoms with E-state index in [-0.39, 0.29) is 29.3 Å². The third kappa shape index (κ3) is 3.06. The van der Waals surface area contributed by atoms with Gasteiger partial charge in [-0.3, -0.25) is 4.79 Å². The number of anilines is 1. The number of hydrogen-bond donors (Lipinski definition) is 4. The van der Waals surface area contributed by atoms with Crippen LogP contribution in [-0.4, -0.2) is 43.2 Å². The van der Waals surface area contributed by atoms with E-state index in [1.54, 1.807) is 13.0 Å². The first-order valence-corrected chi connectivity index (χ1v) is 6.97. The summed E-state index contributed by atoms with van der Waals surface area (Å²) in [5, 5.41) is 31.4. The molecule has 5 nitrogen and oxygen atoms in total. The summed E-state index contributed by atoms with van der Waals surface area (Å²) in [5.41, 5.74) is 2.43. The molecule has 22 heavy (non-hydrogen) atoms. The van der Waals surface area contributed by atoms with Gasteiger partial charge in [-0.05, 0) is 42.8 Å². The Morgan fingerprint density at radius 1 is 1.05 bits per heavy atom. The Morgan fingerprint density at radius 2 is 1.68 bits per heavy atom. The van der Waals surface area contributed by atoms with E-state index < -0.39 is 5.91 Å². The summed E-state index contributed by atoms with van der Waals surface area (Å²) < 4.78 is 0. The number of phenolic OH excluding ortho intramolecular Hbond substituents is 3. The lowest BCUT2D eigenvalue weighted by molar-refractivity contribution is 0.102. The summed E-state index contributed by atoms with van der Waals surface area (Å²) in [5.74, 6) is -0.843. The molecule has 1 amide bonds. The molecule has 0 saturated carbocycles. The number of nitrogens with one attached hydrogen (secondary N) is 1. The molecule has 0 heterocycles. The normalized spacial score (nSPS) is 10.2. The summed E-state index contributed by atoms with van der Waals surface area (Å²) in [6.07, 6.45) is 0. The number of carbonyl (C=O) groups excluding carboxylic acids is 1. The Bertz CT molecular complexity index is 734. The van der Waals surface area contributed by atoms with E-state index in [4.69, 9.17) is 0 Å². The predicted molar refractivity (Wildman–Crippen MR) is 93.0 cm³/mol. The molecule has 0 unspecified atom stereocenters. The maximum atomic E-state index is 12.3. The lowest BCUT2D eigenvalue weighted by atomic mass is 9.16. The molecule has 0 atom stereocenters. The van der Waals surface area contributed by atoms with Crippen LogP contribution in [0.1, 0.15) is 15.9 Å². The van der Waals surface area contributed by atoms with Crippen LogP contribution in [-0.2, 0) is 0 Å². The first-order valence-electron chi connectivity index (χ1n) is 6.97. The number of rotatable bonds is 3. The van der Waals surface area contributed by atoms with Crippen LogP contribution in [0.2, 0.25) is 0 Å². The molecule has 2 aromatic carbocycles. The van der Waals surface area contributed by atoms with Crippen molar-refractivity contribution >= 4 is 39.0 Å². The van der Waals surface area contributed by atoms with Crippen molar-refractivity contribution in [3.05, 3.63) is 41.5 Å². The summed E-state index contributed by atoms with van der Waals surface area (Å²) >= 11 is 0. The van der Waals surface area contributed by atoms with Crippen LogP contribution in [0, 0.1) is 6.92 Å². The van der Waals surface area contributed by atoms with Crippen molar-refractivity contribution in [1.29, 1.82) is 0 Å². The molecule has 0 saturated heterocycles. The fourth-order valence-electron chi connectivity index (χ4n) is 2.43. The standard InChI is InChI=1S/C14H16B3NO4/c1-7-10(19)5-3-9(13(7)17(15)16)18-14(22)8-2-4-11(20)12(21)6-8/h2-6,19-21H,15-16H2,1H3,(H,18,22). The maximum absolute atomic E-state index is 12.3. The average Bonchev–Trinajstić information content (AvgIpc) is 2.45. The van der Waals surface area contributed by atoms with Crippen molar-refractivity contribution in [1.82, 2.24) is 0 Å². The first kappa shape index (κ1) is 15.9. The highest BCUT2D eigenvalue weighted by Gasteiger charge is 2.17. The Morgan fingerprint density at radius 3 is 2.27 bits per heavy atom. The molecule has 0 aromatic heterocycles. The van der Waals surface area contributed by atoms with Gasteiger partial charge in [0.15, 0.2) is 11.5 Å². The molecule has 4 N–H and O–H groups in total. The van der Waals surface area contributed by atoms with Crippen molar-refractivity contribution in [2.45, 2.75) is 6.92 Å². The van der Waals surface area contributed by atoms with Crippen molar-refractivity contribution in [2.24, 2.45) is 0 Å². The lowest BCUT2D eigenvalue weighted by Gasteiger charge is -2.17. The zero-order valence-corrected chi connectivity index (χ0v) is 12.7. The number of hydrogen-bond acceptors (Lipinski definition) is 4. The second kappa shape index (κ2) is 6.09. The highest BCUT2D eigenvalue weighted by molar-refractivity contribution is 7.35. The number of benzene rings is 2. The molecule has 2 aromatic rings. The highest BCUT2D eigenvalue weighted by atomic mass is 16.3. The van der Waals surface area contributed by atoms with Gasteiger partial charge in [-0.25, -0.2) is 0 Å². The van der Waals surface area contributed by atoms with Crippen LogP contribution in [0.5, 0.6) is 17.2 Å². The van der Waals surface area contributed by atoms with Gasteiger partial charge in [0.05, 0.1) is 15.5 Å². The van der Waals surface area contributed by atoms with E-state index in [0.29, 0.717) is 5.69 Å². The zero-order valence-electron chi connectivity index (χ0n) is 12.7. The quantitative estimate of drug-likeness (QED) is 0.343. The lowest BCUT2D eigenvalue weighted by Crippen LogP contribution is -2.37. The van der Waals surface area contributed by atoms with Crippen LogP contribution < -0.4 is 10.8 Å². The van der Waals surface area contributed by atoms with Gasteiger partial charge < -0.3 is 20.6 Å². The van der Waals surface area contributed by atoms with E-state index in [1.165, 1.54) is 24.3 Å². The second-order valence-electron chi connectivity index (χ2n) is 5.48. The summed E-state index contributed by atoms with van der Waals surface area (Å²) in [6.45, 7) is 1.92. The Balaban J connectivity index is 2.36. The van der Waals surface area contributed by atoms with Crippen molar-refractivity contribution < 1.29 is 20.1 Å². The minimum atomic E-state index is -0.401. The van der Waals surface area contributed by atoms with Gasteiger partial charge >= 0.3 is 0 Å². The molecule has 8 heteroatoms. The monoisotopic (exact) mass is 295 g/mol. The third-order valence-corrected chi connectivity index (χ3v) is 3.55. The van der Waals surface area contributed by atoms with Crippen LogP contribution in [0.15, 0.2) is 30.3 Å². The number of phenols is 3.